The molecule has 0 aliphatic carbocycles. The van der Waals surface area contributed by atoms with Crippen LogP contribution < -0.4 is 5.32 Å². The summed E-state index contributed by atoms with van der Waals surface area (Å²) >= 11 is 0. The molecule has 2 heterocycles. The molecule has 0 aromatic carbocycles. The third-order valence-corrected chi connectivity index (χ3v) is 2.78. The lowest BCUT2D eigenvalue weighted by Gasteiger charge is -2.12. The summed E-state index contributed by atoms with van der Waals surface area (Å²) in [6, 6.07) is 5.86. The Morgan fingerprint density at radius 1 is 1.37 bits per heavy atom. The van der Waals surface area contributed by atoms with Gasteiger partial charge in [0.05, 0.1) is 5.69 Å². The number of nitrogens with zero attached hydrogens (tertiary/aromatic N) is 3. The molecule has 2 aromatic heterocycles. The van der Waals surface area contributed by atoms with Gasteiger partial charge in [0.15, 0.2) is 5.69 Å². The maximum atomic E-state index is 11.9. The molecule has 0 saturated carbocycles. The van der Waals surface area contributed by atoms with Gasteiger partial charge in [-0.05, 0) is 32.9 Å². The highest BCUT2D eigenvalue weighted by atomic mass is 16.2. The van der Waals surface area contributed by atoms with Crippen molar-refractivity contribution in [1.29, 1.82) is 0 Å². The molecule has 1 atom stereocenters. The Kier molecular flexibility index (Phi) is 3.89. The van der Waals surface area contributed by atoms with Crippen molar-refractivity contribution in [2.45, 2.75) is 33.2 Å². The summed E-state index contributed by atoms with van der Waals surface area (Å²) in [5, 5.41) is 13.0. The van der Waals surface area contributed by atoms with Crippen LogP contribution in [0.5, 0.6) is 0 Å². The van der Waals surface area contributed by atoms with Crippen LogP contribution in [0.3, 0.4) is 0 Å². The minimum Gasteiger partial charge on any atom is -0.348 e. The average molecular weight is 259 g/mol. The Labute approximate surface area is 111 Å². The number of pyridine rings is 1. The molecule has 1 unspecified atom stereocenters. The van der Waals surface area contributed by atoms with E-state index in [1.165, 1.54) is 0 Å². The Bertz CT molecular complexity index is 578. The highest BCUT2D eigenvalue weighted by molar-refractivity contribution is 5.93. The second-order valence-electron chi connectivity index (χ2n) is 4.61. The van der Waals surface area contributed by atoms with E-state index in [0.29, 0.717) is 17.8 Å². The molecule has 6 heteroatoms. The molecule has 100 valence electrons. The van der Waals surface area contributed by atoms with Crippen LogP contribution in [0.1, 0.15) is 34.5 Å². The number of aromatic nitrogens is 4. The fourth-order valence-corrected chi connectivity index (χ4v) is 1.87. The third kappa shape index (κ3) is 3.37. The summed E-state index contributed by atoms with van der Waals surface area (Å²) in [5.74, 6) is -0.216. The zero-order valence-corrected chi connectivity index (χ0v) is 11.3. The standard InChI is InChI=1S/C13H17N5O/c1-8-5-4-6-11(14-8)7-9(2)15-13(19)12-10(3)16-18-17-12/h4-6,9H,7H2,1-3H3,(H,15,19)(H,16,17,18). The first-order chi connectivity index (χ1) is 9.06. The molecular weight excluding hydrogens is 242 g/mol. The summed E-state index contributed by atoms with van der Waals surface area (Å²) in [6.45, 7) is 5.63. The molecule has 0 fully saturated rings. The van der Waals surface area contributed by atoms with Crippen molar-refractivity contribution in [2.75, 3.05) is 0 Å². The Balaban J connectivity index is 1.96. The molecule has 2 rings (SSSR count). The van der Waals surface area contributed by atoms with E-state index in [9.17, 15) is 4.79 Å². The van der Waals surface area contributed by atoms with Gasteiger partial charge in [-0.2, -0.15) is 15.4 Å². The number of amides is 1. The molecule has 1 amide bonds. The number of rotatable bonds is 4. The van der Waals surface area contributed by atoms with Crippen molar-refractivity contribution in [3.8, 4) is 0 Å². The smallest absolute Gasteiger partial charge is 0.273 e. The molecule has 0 aliphatic rings. The van der Waals surface area contributed by atoms with E-state index in [4.69, 9.17) is 0 Å². The number of carbonyl (C=O) groups is 1. The topological polar surface area (TPSA) is 83.6 Å². The summed E-state index contributed by atoms with van der Waals surface area (Å²) < 4.78 is 0. The molecule has 0 saturated heterocycles. The summed E-state index contributed by atoms with van der Waals surface area (Å²) in [4.78, 5) is 16.4. The number of nitrogens with one attached hydrogen (secondary N) is 2. The van der Waals surface area contributed by atoms with Crippen LogP contribution in [-0.2, 0) is 6.42 Å². The van der Waals surface area contributed by atoms with E-state index in [-0.39, 0.29) is 11.9 Å². The molecule has 2 N–H and O–H groups in total. The maximum absolute atomic E-state index is 11.9. The zero-order valence-electron chi connectivity index (χ0n) is 11.3. The molecule has 0 aliphatic heterocycles. The summed E-state index contributed by atoms with van der Waals surface area (Å²) in [5.41, 5.74) is 2.87. The fraction of sp³-hybridized carbons (Fsp3) is 0.385. The number of aryl methyl sites for hydroxylation is 2. The largest absolute Gasteiger partial charge is 0.348 e. The molecule has 0 bridgehead atoms. The average Bonchev–Trinajstić information content (AvgIpc) is 2.75. The first-order valence-corrected chi connectivity index (χ1v) is 6.17. The molecule has 0 spiro atoms. The fourth-order valence-electron chi connectivity index (χ4n) is 1.87. The highest BCUT2D eigenvalue weighted by Gasteiger charge is 2.15. The van der Waals surface area contributed by atoms with Crippen LogP contribution in [0.2, 0.25) is 0 Å². The SMILES string of the molecule is Cc1cccc(CC(C)NC(=O)c2n[nH]nc2C)n1. The lowest BCUT2D eigenvalue weighted by atomic mass is 10.1. The van der Waals surface area contributed by atoms with Gasteiger partial charge in [0.25, 0.3) is 5.91 Å². The quantitative estimate of drug-likeness (QED) is 0.863. The van der Waals surface area contributed by atoms with Crippen LogP contribution >= 0.6 is 0 Å². The Morgan fingerprint density at radius 2 is 2.16 bits per heavy atom. The van der Waals surface area contributed by atoms with E-state index < -0.39 is 0 Å². The van der Waals surface area contributed by atoms with E-state index in [1.54, 1.807) is 6.92 Å². The monoisotopic (exact) mass is 259 g/mol. The number of hydrogen-bond donors (Lipinski definition) is 2. The van der Waals surface area contributed by atoms with Gasteiger partial charge in [0.1, 0.15) is 0 Å². The minimum atomic E-state index is -0.216. The van der Waals surface area contributed by atoms with E-state index in [1.807, 2.05) is 32.0 Å². The minimum absolute atomic E-state index is 0.0158. The number of carbonyl (C=O) groups excluding carboxylic acids is 1. The van der Waals surface area contributed by atoms with Crippen LogP contribution in [0.25, 0.3) is 0 Å². The van der Waals surface area contributed by atoms with Crippen LogP contribution in [0, 0.1) is 13.8 Å². The second kappa shape index (κ2) is 5.60. The first-order valence-electron chi connectivity index (χ1n) is 6.17. The number of H-pyrrole nitrogens is 1. The Hall–Kier alpha value is -2.24. The van der Waals surface area contributed by atoms with E-state index >= 15 is 0 Å². The van der Waals surface area contributed by atoms with Gasteiger partial charge in [0, 0.05) is 23.9 Å². The van der Waals surface area contributed by atoms with Crippen LogP contribution in [0.15, 0.2) is 18.2 Å². The molecule has 0 radical (unpaired) electrons. The van der Waals surface area contributed by atoms with Gasteiger partial charge >= 0.3 is 0 Å². The van der Waals surface area contributed by atoms with E-state index in [0.717, 1.165) is 11.4 Å². The maximum Gasteiger partial charge on any atom is 0.273 e. The zero-order chi connectivity index (χ0) is 13.8. The van der Waals surface area contributed by atoms with Gasteiger partial charge in [-0.3, -0.25) is 9.78 Å². The second-order valence-corrected chi connectivity index (χ2v) is 4.61. The van der Waals surface area contributed by atoms with Gasteiger partial charge in [0.2, 0.25) is 0 Å². The van der Waals surface area contributed by atoms with Crippen molar-refractivity contribution >= 4 is 5.91 Å². The lowest BCUT2D eigenvalue weighted by molar-refractivity contribution is 0.0934. The Morgan fingerprint density at radius 3 is 2.79 bits per heavy atom. The lowest BCUT2D eigenvalue weighted by Crippen LogP contribution is -2.34. The van der Waals surface area contributed by atoms with Gasteiger partial charge in [-0.1, -0.05) is 6.07 Å². The van der Waals surface area contributed by atoms with Crippen molar-refractivity contribution < 1.29 is 4.79 Å². The number of hydrogen-bond acceptors (Lipinski definition) is 4. The van der Waals surface area contributed by atoms with E-state index in [2.05, 4.69) is 25.7 Å². The van der Waals surface area contributed by atoms with Crippen LogP contribution in [-0.4, -0.2) is 32.3 Å². The molecule has 2 aromatic rings. The van der Waals surface area contributed by atoms with Crippen LogP contribution in [0.4, 0.5) is 0 Å². The predicted molar refractivity (Wildman–Crippen MR) is 70.7 cm³/mol. The highest BCUT2D eigenvalue weighted by Crippen LogP contribution is 2.04. The predicted octanol–water partition coefficient (Wildman–Crippen LogP) is 1.18. The number of aromatic amines is 1. The first kappa shape index (κ1) is 13.2. The summed E-state index contributed by atoms with van der Waals surface area (Å²) in [7, 11) is 0. The van der Waals surface area contributed by atoms with Crippen molar-refractivity contribution in [1.82, 2.24) is 25.7 Å². The van der Waals surface area contributed by atoms with Crippen molar-refractivity contribution in [3.63, 3.8) is 0 Å². The molecule has 6 nitrogen and oxygen atoms in total. The normalized spacial score (nSPS) is 12.2. The molecular formula is C13H17N5O. The van der Waals surface area contributed by atoms with Crippen molar-refractivity contribution in [2.24, 2.45) is 0 Å². The van der Waals surface area contributed by atoms with Gasteiger partial charge in [-0.25, -0.2) is 0 Å². The third-order valence-electron chi connectivity index (χ3n) is 2.78. The van der Waals surface area contributed by atoms with Gasteiger partial charge in [-0.15, -0.1) is 0 Å². The summed E-state index contributed by atoms with van der Waals surface area (Å²) in [6.07, 6.45) is 0.685. The van der Waals surface area contributed by atoms with Gasteiger partial charge < -0.3 is 5.32 Å². The van der Waals surface area contributed by atoms with Crippen molar-refractivity contribution in [3.05, 3.63) is 41.0 Å². The molecule has 19 heavy (non-hydrogen) atoms.